The molecular formula is C37H25N3. The Kier molecular flexibility index (Phi) is 6.15. The summed E-state index contributed by atoms with van der Waals surface area (Å²) < 4.78 is 0. The summed E-state index contributed by atoms with van der Waals surface area (Å²) in [6.45, 7) is 0. The van der Waals surface area contributed by atoms with Gasteiger partial charge in [0.25, 0.3) is 0 Å². The van der Waals surface area contributed by atoms with Crippen LogP contribution in [0.15, 0.2) is 152 Å². The minimum Gasteiger partial charge on any atom is -0.208 e. The predicted molar refractivity (Wildman–Crippen MR) is 165 cm³/mol. The Hall–Kier alpha value is -5.41. The molecule has 0 aliphatic heterocycles. The summed E-state index contributed by atoms with van der Waals surface area (Å²) in [7, 11) is 0. The lowest BCUT2D eigenvalue weighted by molar-refractivity contribution is 1.07. The molecule has 0 aliphatic carbocycles. The second-order valence-corrected chi connectivity index (χ2v) is 9.77. The van der Waals surface area contributed by atoms with Gasteiger partial charge in [-0.2, -0.15) is 0 Å². The molecule has 0 spiro atoms. The van der Waals surface area contributed by atoms with Crippen molar-refractivity contribution in [3.63, 3.8) is 0 Å². The standard InChI is InChI=1S/C37H25N3/c1-4-12-26(13-5-1)32-23-33(31-21-20-27-14-10-11-19-30(27)22-31)25-34(24-32)37-39-35(28-15-6-2-7-16-28)38-36(40-37)29-17-8-3-9-18-29/h1-25H. The number of fused-ring (bicyclic) bond motifs is 1. The molecule has 0 saturated carbocycles. The number of hydrogen-bond acceptors (Lipinski definition) is 3. The molecule has 3 heteroatoms. The fraction of sp³-hybridized carbons (Fsp3) is 0. The Labute approximate surface area is 233 Å². The van der Waals surface area contributed by atoms with E-state index in [2.05, 4.69) is 84.9 Å². The molecule has 0 atom stereocenters. The third-order valence-corrected chi connectivity index (χ3v) is 7.08. The molecule has 40 heavy (non-hydrogen) atoms. The average molecular weight is 512 g/mol. The van der Waals surface area contributed by atoms with Crippen molar-refractivity contribution in [3.8, 4) is 56.4 Å². The fourth-order valence-corrected chi connectivity index (χ4v) is 5.03. The second-order valence-electron chi connectivity index (χ2n) is 9.77. The minimum absolute atomic E-state index is 0.646. The van der Waals surface area contributed by atoms with Crippen LogP contribution in [0.25, 0.3) is 67.2 Å². The van der Waals surface area contributed by atoms with E-state index < -0.39 is 0 Å². The van der Waals surface area contributed by atoms with E-state index in [1.807, 2.05) is 66.7 Å². The first kappa shape index (κ1) is 23.7. The molecule has 0 amide bonds. The zero-order valence-electron chi connectivity index (χ0n) is 21.8. The first-order valence-electron chi connectivity index (χ1n) is 13.4. The molecular weight excluding hydrogens is 486 g/mol. The molecule has 0 saturated heterocycles. The summed E-state index contributed by atoms with van der Waals surface area (Å²) in [5, 5.41) is 2.44. The largest absolute Gasteiger partial charge is 0.208 e. The van der Waals surface area contributed by atoms with Crippen molar-refractivity contribution in [3.05, 3.63) is 152 Å². The van der Waals surface area contributed by atoms with Crippen molar-refractivity contribution in [2.75, 3.05) is 0 Å². The molecule has 7 rings (SSSR count). The van der Waals surface area contributed by atoms with E-state index >= 15 is 0 Å². The summed E-state index contributed by atoms with van der Waals surface area (Å²) >= 11 is 0. The van der Waals surface area contributed by atoms with Crippen LogP contribution in [0.3, 0.4) is 0 Å². The first-order valence-corrected chi connectivity index (χ1v) is 13.4. The van der Waals surface area contributed by atoms with E-state index in [4.69, 9.17) is 15.0 Å². The Morgan fingerprint density at radius 1 is 0.250 bits per heavy atom. The summed E-state index contributed by atoms with van der Waals surface area (Å²) in [5.74, 6) is 1.95. The first-order chi connectivity index (χ1) is 19.8. The number of aromatic nitrogens is 3. The predicted octanol–water partition coefficient (Wildman–Crippen LogP) is 9.36. The molecule has 3 nitrogen and oxygen atoms in total. The van der Waals surface area contributed by atoms with Gasteiger partial charge >= 0.3 is 0 Å². The topological polar surface area (TPSA) is 38.7 Å². The highest BCUT2D eigenvalue weighted by atomic mass is 15.0. The number of rotatable bonds is 5. The van der Waals surface area contributed by atoms with E-state index in [1.54, 1.807) is 0 Å². The zero-order valence-corrected chi connectivity index (χ0v) is 21.8. The van der Waals surface area contributed by atoms with Crippen LogP contribution >= 0.6 is 0 Å². The lowest BCUT2D eigenvalue weighted by Crippen LogP contribution is -2.00. The van der Waals surface area contributed by atoms with Gasteiger partial charge in [-0.3, -0.25) is 0 Å². The van der Waals surface area contributed by atoms with Crippen molar-refractivity contribution in [1.82, 2.24) is 15.0 Å². The monoisotopic (exact) mass is 511 g/mol. The van der Waals surface area contributed by atoms with Crippen molar-refractivity contribution in [2.24, 2.45) is 0 Å². The number of hydrogen-bond donors (Lipinski definition) is 0. The van der Waals surface area contributed by atoms with Crippen LogP contribution in [0.5, 0.6) is 0 Å². The fourth-order valence-electron chi connectivity index (χ4n) is 5.03. The Bertz CT molecular complexity index is 1870. The van der Waals surface area contributed by atoms with Crippen LogP contribution in [0.1, 0.15) is 0 Å². The summed E-state index contributed by atoms with van der Waals surface area (Å²) in [6, 6.07) is 52.4. The van der Waals surface area contributed by atoms with E-state index in [9.17, 15) is 0 Å². The van der Waals surface area contributed by atoms with Crippen LogP contribution < -0.4 is 0 Å². The molecule has 0 unspecified atom stereocenters. The highest BCUT2D eigenvalue weighted by Gasteiger charge is 2.15. The minimum atomic E-state index is 0.646. The Morgan fingerprint density at radius 2 is 0.675 bits per heavy atom. The molecule has 0 aliphatic rings. The van der Waals surface area contributed by atoms with E-state index in [1.165, 1.54) is 10.8 Å². The Balaban J connectivity index is 1.45. The van der Waals surface area contributed by atoms with Gasteiger partial charge in [-0.25, -0.2) is 15.0 Å². The average Bonchev–Trinajstić information content (AvgIpc) is 3.05. The van der Waals surface area contributed by atoms with Crippen LogP contribution in [-0.4, -0.2) is 15.0 Å². The van der Waals surface area contributed by atoms with Crippen LogP contribution in [0.2, 0.25) is 0 Å². The zero-order chi connectivity index (χ0) is 26.7. The third-order valence-electron chi connectivity index (χ3n) is 7.08. The van der Waals surface area contributed by atoms with Crippen molar-refractivity contribution >= 4 is 10.8 Å². The molecule has 7 aromatic rings. The van der Waals surface area contributed by atoms with E-state index in [0.29, 0.717) is 17.5 Å². The Morgan fingerprint density at radius 3 is 1.25 bits per heavy atom. The SMILES string of the molecule is c1ccc(-c2cc(-c3ccc4ccccc4c3)cc(-c3nc(-c4ccccc4)nc(-c4ccccc4)n3)c2)cc1. The van der Waals surface area contributed by atoms with Crippen LogP contribution in [-0.2, 0) is 0 Å². The van der Waals surface area contributed by atoms with Gasteiger partial charge < -0.3 is 0 Å². The second kappa shape index (κ2) is 10.4. The number of benzene rings is 6. The van der Waals surface area contributed by atoms with Gasteiger partial charge in [-0.05, 0) is 57.3 Å². The van der Waals surface area contributed by atoms with Crippen LogP contribution in [0.4, 0.5) is 0 Å². The summed E-state index contributed by atoms with van der Waals surface area (Å²) in [5.41, 5.74) is 7.38. The molecule has 1 aromatic heterocycles. The van der Waals surface area contributed by atoms with Crippen LogP contribution in [0, 0.1) is 0 Å². The normalized spacial score (nSPS) is 11.0. The maximum absolute atomic E-state index is 5.00. The molecule has 0 N–H and O–H groups in total. The smallest absolute Gasteiger partial charge is 0.164 e. The third kappa shape index (κ3) is 4.77. The van der Waals surface area contributed by atoms with Gasteiger partial charge in [0.1, 0.15) is 0 Å². The maximum atomic E-state index is 5.00. The molecule has 0 bridgehead atoms. The van der Waals surface area contributed by atoms with Gasteiger partial charge in [0.15, 0.2) is 17.5 Å². The highest BCUT2D eigenvalue weighted by molar-refractivity contribution is 5.89. The lowest BCUT2D eigenvalue weighted by Gasteiger charge is -2.13. The van der Waals surface area contributed by atoms with Crippen molar-refractivity contribution in [1.29, 1.82) is 0 Å². The summed E-state index contributed by atoms with van der Waals surface area (Å²) in [4.78, 5) is 14.9. The number of nitrogens with zero attached hydrogens (tertiary/aromatic N) is 3. The van der Waals surface area contributed by atoms with Gasteiger partial charge in [0, 0.05) is 16.7 Å². The van der Waals surface area contributed by atoms with E-state index in [0.717, 1.165) is 38.9 Å². The lowest BCUT2D eigenvalue weighted by atomic mass is 9.94. The van der Waals surface area contributed by atoms with Gasteiger partial charge in [0.05, 0.1) is 0 Å². The molecule has 6 aromatic carbocycles. The van der Waals surface area contributed by atoms with Gasteiger partial charge in [0.2, 0.25) is 0 Å². The quantitative estimate of drug-likeness (QED) is 0.231. The summed E-state index contributed by atoms with van der Waals surface area (Å²) in [6.07, 6.45) is 0. The molecule has 1 heterocycles. The molecule has 188 valence electrons. The van der Waals surface area contributed by atoms with Crippen molar-refractivity contribution in [2.45, 2.75) is 0 Å². The molecule has 0 fully saturated rings. The van der Waals surface area contributed by atoms with Gasteiger partial charge in [-0.1, -0.05) is 127 Å². The van der Waals surface area contributed by atoms with Crippen molar-refractivity contribution < 1.29 is 0 Å². The highest BCUT2D eigenvalue weighted by Crippen LogP contribution is 2.34. The van der Waals surface area contributed by atoms with E-state index in [-0.39, 0.29) is 0 Å². The van der Waals surface area contributed by atoms with Gasteiger partial charge in [-0.15, -0.1) is 0 Å². The molecule has 0 radical (unpaired) electrons. The maximum Gasteiger partial charge on any atom is 0.164 e.